The molecule has 0 saturated carbocycles. The van der Waals surface area contributed by atoms with E-state index in [0.29, 0.717) is 16.6 Å². The Kier molecular flexibility index (Phi) is 8.70. The predicted octanol–water partition coefficient (Wildman–Crippen LogP) is 4.80. The van der Waals surface area contributed by atoms with Crippen molar-refractivity contribution in [2.45, 2.75) is 36.5 Å². The van der Waals surface area contributed by atoms with E-state index in [1.807, 2.05) is 18.2 Å². The van der Waals surface area contributed by atoms with Crippen LogP contribution in [0, 0.1) is 11.8 Å². The lowest BCUT2D eigenvalue weighted by molar-refractivity contribution is -0.140. The van der Waals surface area contributed by atoms with Gasteiger partial charge in [0.2, 0.25) is 10.0 Å². The zero-order valence-electron chi connectivity index (χ0n) is 23.4. The number of alkyl halides is 3. The SMILES string of the molecule is COc1cc(S(N)(=O)=O)ccc1NCC#Cc1cc2c(NC3CCN(c4ccncc4)CC3)cccc2n1CC(F)(F)F. The number of nitrogens with zero attached hydrogens (tertiary/aromatic N) is 3. The quantitative estimate of drug-likeness (QED) is 0.245. The molecular weight excluding hydrogens is 581 g/mol. The van der Waals surface area contributed by atoms with Crippen molar-refractivity contribution in [2.24, 2.45) is 5.14 Å². The van der Waals surface area contributed by atoms with Crippen LogP contribution in [0.5, 0.6) is 5.75 Å². The van der Waals surface area contributed by atoms with Crippen molar-refractivity contribution in [1.29, 1.82) is 0 Å². The minimum Gasteiger partial charge on any atom is -0.495 e. The zero-order valence-corrected chi connectivity index (χ0v) is 24.2. The van der Waals surface area contributed by atoms with Crippen molar-refractivity contribution in [3.63, 3.8) is 0 Å². The standard InChI is InChI=1S/C30H31F3N6O3S/c1-42-29-19-24(43(34,40)41)7-8-27(29)36-13-3-4-23-18-25-26(5-2-6-28(25)39(23)20-30(31,32)33)37-21-11-16-38(17-12-21)22-9-14-35-15-10-22/h2,5-10,14-15,18-19,21,36-37H,11-13,16-17,20H2,1H3,(H2,34,40,41). The molecule has 2 aromatic carbocycles. The Morgan fingerprint density at radius 2 is 1.81 bits per heavy atom. The number of sulfonamides is 1. The van der Waals surface area contributed by atoms with E-state index in [4.69, 9.17) is 9.88 Å². The number of ether oxygens (including phenoxy) is 1. The van der Waals surface area contributed by atoms with Crippen molar-refractivity contribution in [1.82, 2.24) is 9.55 Å². The lowest BCUT2D eigenvalue weighted by atomic mass is 10.0. The van der Waals surface area contributed by atoms with Gasteiger partial charge in [0, 0.05) is 54.4 Å². The number of piperidine rings is 1. The molecule has 4 N–H and O–H groups in total. The second-order valence-electron chi connectivity index (χ2n) is 10.1. The van der Waals surface area contributed by atoms with E-state index in [0.717, 1.165) is 37.3 Å². The van der Waals surface area contributed by atoms with E-state index < -0.39 is 22.7 Å². The van der Waals surface area contributed by atoms with Crippen LogP contribution in [0.4, 0.5) is 30.2 Å². The van der Waals surface area contributed by atoms with E-state index in [1.165, 1.54) is 29.9 Å². The highest BCUT2D eigenvalue weighted by molar-refractivity contribution is 7.89. The highest BCUT2D eigenvalue weighted by atomic mass is 32.2. The highest BCUT2D eigenvalue weighted by Crippen LogP contribution is 2.32. The van der Waals surface area contributed by atoms with E-state index in [9.17, 15) is 21.6 Å². The van der Waals surface area contributed by atoms with Crippen molar-refractivity contribution in [2.75, 3.05) is 42.3 Å². The Morgan fingerprint density at radius 3 is 2.49 bits per heavy atom. The Hall–Kier alpha value is -4.41. The molecule has 43 heavy (non-hydrogen) atoms. The van der Waals surface area contributed by atoms with Crippen LogP contribution >= 0.6 is 0 Å². The molecule has 0 unspecified atom stereocenters. The number of hydrogen-bond donors (Lipinski definition) is 3. The van der Waals surface area contributed by atoms with Gasteiger partial charge >= 0.3 is 6.18 Å². The van der Waals surface area contributed by atoms with Crippen LogP contribution in [-0.2, 0) is 16.6 Å². The number of primary sulfonamides is 1. The molecule has 1 aliphatic heterocycles. The lowest BCUT2D eigenvalue weighted by Crippen LogP contribution is -2.39. The van der Waals surface area contributed by atoms with Crippen molar-refractivity contribution < 1.29 is 26.3 Å². The molecule has 226 valence electrons. The molecule has 1 aliphatic rings. The van der Waals surface area contributed by atoms with Gasteiger partial charge in [-0.1, -0.05) is 12.0 Å². The molecule has 5 rings (SSSR count). The molecule has 3 heterocycles. The van der Waals surface area contributed by atoms with Crippen LogP contribution in [-0.4, -0.2) is 56.9 Å². The van der Waals surface area contributed by atoms with Gasteiger partial charge in [0.05, 0.1) is 35.4 Å². The third kappa shape index (κ3) is 7.33. The number of benzene rings is 2. The van der Waals surface area contributed by atoms with E-state index in [1.54, 1.807) is 30.6 Å². The average Bonchev–Trinajstić information content (AvgIpc) is 3.32. The average molecular weight is 613 g/mol. The number of anilines is 3. The molecule has 1 saturated heterocycles. The Morgan fingerprint density at radius 1 is 1.07 bits per heavy atom. The van der Waals surface area contributed by atoms with Gasteiger partial charge in [-0.25, -0.2) is 13.6 Å². The molecule has 0 atom stereocenters. The number of methoxy groups -OCH3 is 1. The van der Waals surface area contributed by atoms with Crippen molar-refractivity contribution >= 4 is 38.0 Å². The molecule has 9 nitrogen and oxygen atoms in total. The van der Waals surface area contributed by atoms with E-state index >= 15 is 0 Å². The number of rotatable bonds is 8. The van der Waals surface area contributed by atoms with Gasteiger partial charge in [-0.05, 0) is 61.2 Å². The summed E-state index contributed by atoms with van der Waals surface area (Å²) in [4.78, 5) is 6.26. The number of aromatic nitrogens is 2. The fourth-order valence-corrected chi connectivity index (χ4v) is 5.72. The second kappa shape index (κ2) is 12.4. The van der Waals surface area contributed by atoms with Gasteiger partial charge < -0.3 is 24.8 Å². The van der Waals surface area contributed by atoms with Crippen LogP contribution < -0.4 is 25.4 Å². The Bertz CT molecular complexity index is 1760. The number of pyridine rings is 1. The summed E-state index contributed by atoms with van der Waals surface area (Å²) in [6.07, 6.45) is 0.854. The first-order valence-corrected chi connectivity index (χ1v) is 15.1. The summed E-state index contributed by atoms with van der Waals surface area (Å²) in [5.74, 6) is 5.99. The minimum atomic E-state index is -4.44. The monoisotopic (exact) mass is 612 g/mol. The Labute approximate surface area is 247 Å². The number of nitrogens with two attached hydrogens (primary N) is 1. The molecule has 4 aromatic rings. The fraction of sp³-hybridized carbons (Fsp3) is 0.300. The summed E-state index contributed by atoms with van der Waals surface area (Å²) in [5, 5.41) is 12.4. The van der Waals surface area contributed by atoms with Gasteiger partial charge in [0.15, 0.2) is 0 Å². The molecule has 13 heteroatoms. The maximum atomic E-state index is 13.6. The third-order valence-electron chi connectivity index (χ3n) is 7.25. The normalized spacial score (nSPS) is 14.3. The summed E-state index contributed by atoms with van der Waals surface area (Å²) in [7, 11) is -2.53. The first-order chi connectivity index (χ1) is 20.5. The molecule has 0 amide bonds. The summed E-state index contributed by atoms with van der Waals surface area (Å²) in [6, 6.07) is 15.2. The summed E-state index contributed by atoms with van der Waals surface area (Å²) < 4.78 is 70.5. The second-order valence-corrected chi connectivity index (χ2v) is 11.7. The predicted molar refractivity (Wildman–Crippen MR) is 161 cm³/mol. The number of nitrogens with one attached hydrogen (secondary N) is 2. The third-order valence-corrected chi connectivity index (χ3v) is 8.16. The van der Waals surface area contributed by atoms with Crippen molar-refractivity contribution in [3.8, 4) is 17.6 Å². The number of halogens is 3. The maximum Gasteiger partial charge on any atom is 0.406 e. The molecule has 0 aliphatic carbocycles. The molecular formula is C30H31F3N6O3S. The van der Waals surface area contributed by atoms with Gasteiger partial charge in [-0.15, -0.1) is 0 Å². The molecule has 0 spiro atoms. The summed E-state index contributed by atoms with van der Waals surface area (Å²) in [6.45, 7) is 0.600. The fourth-order valence-electron chi connectivity index (χ4n) is 5.19. The molecule has 0 radical (unpaired) electrons. The van der Waals surface area contributed by atoms with Gasteiger partial charge in [-0.2, -0.15) is 13.2 Å². The van der Waals surface area contributed by atoms with Gasteiger partial charge in [-0.3, -0.25) is 4.98 Å². The van der Waals surface area contributed by atoms with Crippen LogP contribution in [0.15, 0.2) is 71.9 Å². The summed E-state index contributed by atoms with van der Waals surface area (Å²) >= 11 is 0. The van der Waals surface area contributed by atoms with Crippen LogP contribution in [0.1, 0.15) is 18.5 Å². The van der Waals surface area contributed by atoms with Gasteiger partial charge in [0.1, 0.15) is 12.3 Å². The summed E-state index contributed by atoms with van der Waals surface area (Å²) in [5.41, 5.74) is 3.01. The van der Waals surface area contributed by atoms with Crippen LogP contribution in [0.2, 0.25) is 0 Å². The maximum absolute atomic E-state index is 13.6. The first kappa shape index (κ1) is 30.1. The van der Waals surface area contributed by atoms with Crippen LogP contribution in [0.3, 0.4) is 0 Å². The highest BCUT2D eigenvalue weighted by Gasteiger charge is 2.30. The van der Waals surface area contributed by atoms with Crippen molar-refractivity contribution in [3.05, 3.63) is 72.7 Å². The lowest BCUT2D eigenvalue weighted by Gasteiger charge is -2.34. The number of fused-ring (bicyclic) bond motifs is 1. The van der Waals surface area contributed by atoms with Gasteiger partial charge in [0.25, 0.3) is 0 Å². The smallest absolute Gasteiger partial charge is 0.406 e. The molecule has 2 aromatic heterocycles. The zero-order chi connectivity index (χ0) is 30.6. The molecule has 0 bridgehead atoms. The van der Waals surface area contributed by atoms with Crippen LogP contribution in [0.25, 0.3) is 10.9 Å². The number of hydrogen-bond acceptors (Lipinski definition) is 7. The topological polar surface area (TPSA) is 115 Å². The first-order valence-electron chi connectivity index (χ1n) is 13.6. The van der Waals surface area contributed by atoms with E-state index in [-0.39, 0.29) is 28.9 Å². The van der Waals surface area contributed by atoms with E-state index in [2.05, 4.69) is 32.4 Å². The largest absolute Gasteiger partial charge is 0.495 e. The minimum absolute atomic E-state index is 0.0692. The molecule has 1 fully saturated rings. The Balaban J connectivity index is 1.35.